The molecule has 1 amide bonds. The van der Waals surface area contributed by atoms with Gasteiger partial charge in [-0.15, -0.1) is 0 Å². The average molecular weight is 620 g/mol. The summed E-state index contributed by atoms with van der Waals surface area (Å²) >= 11 is 0. The molecule has 0 radical (unpaired) electrons. The number of hydrogen-bond acceptors (Lipinski definition) is 8. The molecule has 1 saturated heterocycles. The van der Waals surface area contributed by atoms with Crippen LogP contribution in [-0.2, 0) is 20.9 Å². The minimum atomic E-state index is -4.87. The van der Waals surface area contributed by atoms with Gasteiger partial charge in [0.25, 0.3) is 0 Å². The first-order valence-electron chi connectivity index (χ1n) is 13.3. The molecular weight excluding hydrogens is 587 g/mol. The van der Waals surface area contributed by atoms with Gasteiger partial charge in [-0.25, -0.2) is 23.2 Å². The third-order valence-electron chi connectivity index (χ3n) is 6.30. The summed E-state index contributed by atoms with van der Waals surface area (Å²) in [6.45, 7) is 5.05. The number of carbonyl (C=O) groups excluding carboxylic acids is 1. The van der Waals surface area contributed by atoms with Gasteiger partial charge in [-0.1, -0.05) is 24.3 Å². The summed E-state index contributed by atoms with van der Waals surface area (Å²) in [4.78, 5) is 21.3. The maximum absolute atomic E-state index is 14.1. The van der Waals surface area contributed by atoms with Gasteiger partial charge in [0.15, 0.2) is 0 Å². The Morgan fingerprint density at radius 3 is 2.21 bits per heavy atom. The number of aromatic nitrogens is 2. The Labute approximate surface area is 248 Å². The van der Waals surface area contributed by atoms with Gasteiger partial charge in [0, 0.05) is 44.1 Å². The van der Waals surface area contributed by atoms with Gasteiger partial charge in [-0.05, 0) is 56.7 Å². The van der Waals surface area contributed by atoms with Gasteiger partial charge in [0.05, 0.1) is 23.3 Å². The Balaban J connectivity index is 1.48. The number of ether oxygens (including phenoxy) is 2. The molecule has 2 aromatic carbocycles. The summed E-state index contributed by atoms with van der Waals surface area (Å²) in [5.74, 6) is 0.593. The van der Waals surface area contributed by atoms with Crippen molar-refractivity contribution in [3.05, 3.63) is 71.5 Å². The minimum Gasteiger partial charge on any atom is -0.497 e. The highest BCUT2D eigenvalue weighted by Crippen LogP contribution is 2.37. The van der Waals surface area contributed by atoms with E-state index in [4.69, 9.17) is 9.47 Å². The summed E-state index contributed by atoms with van der Waals surface area (Å²) in [7, 11) is -2.71. The molecule has 1 aliphatic rings. The van der Waals surface area contributed by atoms with Gasteiger partial charge in [0.2, 0.25) is 16.0 Å². The number of nitrogens with one attached hydrogen (secondary N) is 1. The fourth-order valence-electron chi connectivity index (χ4n) is 4.16. The van der Waals surface area contributed by atoms with Crippen LogP contribution < -0.4 is 10.1 Å². The number of amides is 1. The van der Waals surface area contributed by atoms with Crippen molar-refractivity contribution < 1.29 is 35.9 Å². The molecule has 0 bridgehead atoms. The Morgan fingerprint density at radius 2 is 1.60 bits per heavy atom. The highest BCUT2D eigenvalue weighted by molar-refractivity contribution is 7.89. The van der Waals surface area contributed by atoms with E-state index in [-0.39, 0.29) is 32.1 Å². The lowest BCUT2D eigenvalue weighted by Crippen LogP contribution is -2.51. The van der Waals surface area contributed by atoms with E-state index in [1.807, 2.05) is 30.3 Å². The number of piperazine rings is 1. The molecule has 43 heavy (non-hydrogen) atoms. The number of methoxy groups -OCH3 is 1. The summed E-state index contributed by atoms with van der Waals surface area (Å²) in [6, 6.07) is 10.1. The molecule has 0 atom stereocenters. The van der Waals surface area contributed by atoms with Crippen molar-refractivity contribution in [3.63, 3.8) is 0 Å². The quantitative estimate of drug-likeness (QED) is 0.361. The number of sulfonamides is 1. The molecule has 0 saturated carbocycles. The normalized spacial score (nSPS) is 15.0. The lowest BCUT2D eigenvalue weighted by atomic mass is 10.1. The largest absolute Gasteiger partial charge is 0.497 e. The van der Waals surface area contributed by atoms with Crippen molar-refractivity contribution in [2.24, 2.45) is 0 Å². The molecule has 3 aromatic rings. The smallest absolute Gasteiger partial charge is 0.418 e. The van der Waals surface area contributed by atoms with Crippen LogP contribution in [0.5, 0.6) is 5.75 Å². The van der Waals surface area contributed by atoms with E-state index < -0.39 is 44.0 Å². The molecule has 2 heterocycles. The molecule has 4 rings (SSSR count). The molecule has 0 spiro atoms. The monoisotopic (exact) mass is 619 g/mol. The van der Waals surface area contributed by atoms with Crippen LogP contribution >= 0.6 is 0 Å². The molecule has 14 heteroatoms. The second-order valence-electron chi connectivity index (χ2n) is 10.7. The van der Waals surface area contributed by atoms with E-state index in [2.05, 4.69) is 15.3 Å². The van der Waals surface area contributed by atoms with Gasteiger partial charge in [-0.3, -0.25) is 0 Å². The van der Waals surface area contributed by atoms with E-state index >= 15 is 0 Å². The number of carbonyl (C=O) groups is 1. The van der Waals surface area contributed by atoms with Crippen molar-refractivity contribution in [2.75, 3.05) is 38.6 Å². The molecular formula is C29H32F3N5O5S. The fourth-order valence-corrected chi connectivity index (χ4v) is 5.61. The van der Waals surface area contributed by atoms with Crippen LogP contribution in [0.25, 0.3) is 12.2 Å². The Hall–Kier alpha value is -4.17. The van der Waals surface area contributed by atoms with Crippen molar-refractivity contribution in [1.29, 1.82) is 0 Å². The number of hydrogen-bond donors (Lipinski definition) is 1. The van der Waals surface area contributed by atoms with E-state index in [1.165, 1.54) is 17.3 Å². The van der Waals surface area contributed by atoms with Crippen molar-refractivity contribution in [3.8, 4) is 5.75 Å². The van der Waals surface area contributed by atoms with E-state index in [9.17, 15) is 26.4 Å². The Bertz CT molecular complexity index is 1580. The maximum Gasteiger partial charge on any atom is 0.418 e. The van der Waals surface area contributed by atoms with Crippen molar-refractivity contribution >= 4 is 39.9 Å². The summed E-state index contributed by atoms with van der Waals surface area (Å²) in [5, 5.41) is 2.54. The highest BCUT2D eigenvalue weighted by Gasteiger charge is 2.37. The van der Waals surface area contributed by atoms with Crippen LogP contribution in [-0.4, -0.2) is 72.6 Å². The standard InChI is InChI=1S/C29H32F3N5O5S/c1-28(2,3)42-27(38)36-12-14-37(15-13-36)43(39,40)23-10-11-25(24(17-23)29(30,31)32)35-26-33-18-21(19-34-26)9-8-20-6-5-7-22(16-20)41-4/h5-11,16-19H,12-15H2,1-4H3,(H,33,34,35)/b9-8+. The maximum atomic E-state index is 14.1. The zero-order valence-corrected chi connectivity index (χ0v) is 24.9. The number of nitrogens with zero attached hydrogens (tertiary/aromatic N) is 4. The summed E-state index contributed by atoms with van der Waals surface area (Å²) in [5.41, 5.74) is -0.826. The molecule has 1 N–H and O–H groups in total. The van der Waals surface area contributed by atoms with E-state index in [1.54, 1.807) is 34.0 Å². The molecule has 0 unspecified atom stereocenters. The average Bonchev–Trinajstić information content (AvgIpc) is 2.95. The van der Waals surface area contributed by atoms with Gasteiger partial charge >= 0.3 is 12.3 Å². The Morgan fingerprint density at radius 1 is 0.953 bits per heavy atom. The van der Waals surface area contributed by atoms with Gasteiger partial charge < -0.3 is 19.7 Å². The minimum absolute atomic E-state index is 0.0436. The summed E-state index contributed by atoms with van der Waals surface area (Å²) in [6.07, 6.45) is 0.981. The molecule has 1 aliphatic heterocycles. The third kappa shape index (κ3) is 8.23. The first-order chi connectivity index (χ1) is 20.2. The topological polar surface area (TPSA) is 114 Å². The fraction of sp³-hybridized carbons (Fsp3) is 0.345. The number of halogens is 3. The third-order valence-corrected chi connectivity index (χ3v) is 8.20. The number of anilines is 2. The lowest BCUT2D eigenvalue weighted by Gasteiger charge is -2.35. The zero-order chi connectivity index (χ0) is 31.4. The second kappa shape index (κ2) is 12.6. The lowest BCUT2D eigenvalue weighted by molar-refractivity contribution is -0.137. The van der Waals surface area contributed by atoms with Crippen LogP contribution in [0.3, 0.4) is 0 Å². The predicted molar refractivity (Wildman–Crippen MR) is 155 cm³/mol. The molecule has 1 aromatic heterocycles. The number of rotatable bonds is 7. The SMILES string of the molecule is COc1cccc(/C=C/c2cnc(Nc3ccc(S(=O)(=O)N4CCN(C(=O)OC(C)(C)C)CC4)cc3C(F)(F)F)nc2)c1. The van der Waals surface area contributed by atoms with Gasteiger partial charge in [0.1, 0.15) is 11.4 Å². The number of benzene rings is 2. The zero-order valence-electron chi connectivity index (χ0n) is 24.1. The second-order valence-corrected chi connectivity index (χ2v) is 12.6. The van der Waals surface area contributed by atoms with Crippen molar-refractivity contribution in [1.82, 2.24) is 19.2 Å². The predicted octanol–water partition coefficient (Wildman–Crippen LogP) is 5.66. The highest BCUT2D eigenvalue weighted by atomic mass is 32.2. The first-order valence-corrected chi connectivity index (χ1v) is 14.7. The summed E-state index contributed by atoms with van der Waals surface area (Å²) < 4.78 is 80.2. The van der Waals surface area contributed by atoms with Crippen LogP contribution in [0, 0.1) is 0 Å². The first kappa shape index (κ1) is 31.8. The Kier molecular flexibility index (Phi) is 9.30. The van der Waals surface area contributed by atoms with Crippen LogP contribution in [0.4, 0.5) is 29.6 Å². The van der Waals surface area contributed by atoms with E-state index in [0.717, 1.165) is 22.0 Å². The van der Waals surface area contributed by atoms with Gasteiger partial charge in [-0.2, -0.15) is 17.5 Å². The van der Waals surface area contributed by atoms with Crippen LogP contribution in [0.2, 0.25) is 0 Å². The molecule has 0 aliphatic carbocycles. The molecule has 1 fully saturated rings. The van der Waals surface area contributed by atoms with E-state index in [0.29, 0.717) is 17.4 Å². The molecule has 230 valence electrons. The number of alkyl halides is 3. The van der Waals surface area contributed by atoms with Crippen LogP contribution in [0.15, 0.2) is 59.8 Å². The van der Waals surface area contributed by atoms with Crippen LogP contribution in [0.1, 0.15) is 37.5 Å². The molecule has 10 nitrogen and oxygen atoms in total. The van der Waals surface area contributed by atoms with Crippen molar-refractivity contribution in [2.45, 2.75) is 37.4 Å².